The number of carbonyl (C=O) groups is 2. The molecule has 0 radical (unpaired) electrons. The van der Waals surface area contributed by atoms with Gasteiger partial charge in [-0.3, -0.25) is 4.79 Å². The predicted molar refractivity (Wildman–Crippen MR) is 99.5 cm³/mol. The summed E-state index contributed by atoms with van der Waals surface area (Å²) in [6, 6.07) is 6.53. The second-order valence-corrected chi connectivity index (χ2v) is 7.56. The third kappa shape index (κ3) is 2.83. The molecule has 0 aromatic heterocycles. The van der Waals surface area contributed by atoms with Gasteiger partial charge in [0.2, 0.25) is 0 Å². The highest BCUT2D eigenvalue weighted by Crippen LogP contribution is 2.40. The van der Waals surface area contributed by atoms with Gasteiger partial charge >= 0.3 is 5.97 Å². The zero-order chi connectivity index (χ0) is 18.4. The Morgan fingerprint density at radius 2 is 1.81 bits per heavy atom. The van der Waals surface area contributed by atoms with Gasteiger partial charge in [-0.2, -0.15) is 4.99 Å². The molecule has 3 unspecified atom stereocenters. The summed E-state index contributed by atoms with van der Waals surface area (Å²) in [6.45, 7) is 3.92. The van der Waals surface area contributed by atoms with E-state index in [1.807, 2.05) is 26.0 Å². The first-order valence-corrected chi connectivity index (χ1v) is 8.99. The maximum Gasteiger partial charge on any atom is 0.335 e. The van der Waals surface area contributed by atoms with E-state index in [9.17, 15) is 9.59 Å². The lowest BCUT2D eigenvalue weighted by molar-refractivity contribution is -0.118. The number of carbonyl (C=O) groups excluding carboxylic acids is 1. The zero-order valence-corrected chi connectivity index (χ0v) is 15.0. The van der Waals surface area contributed by atoms with Crippen LogP contribution in [0.5, 0.6) is 0 Å². The Balaban J connectivity index is 1.51. The van der Waals surface area contributed by atoms with Crippen molar-refractivity contribution in [1.29, 1.82) is 0 Å². The van der Waals surface area contributed by atoms with Crippen LogP contribution in [-0.4, -0.2) is 34.0 Å². The van der Waals surface area contributed by atoms with Crippen molar-refractivity contribution in [3.05, 3.63) is 58.0 Å². The number of hydrogen-bond donors (Lipinski definition) is 1. The molecule has 3 aliphatic heterocycles. The maximum absolute atomic E-state index is 12.4. The summed E-state index contributed by atoms with van der Waals surface area (Å²) in [4.78, 5) is 33.1. The summed E-state index contributed by atoms with van der Waals surface area (Å²) in [5, 5.41) is 9.74. The molecule has 1 N–H and O–H groups in total. The highest BCUT2D eigenvalue weighted by molar-refractivity contribution is 8.17. The van der Waals surface area contributed by atoms with E-state index in [4.69, 9.17) is 9.84 Å². The quantitative estimate of drug-likeness (QED) is 0.827. The number of allylic oxidation sites excluding steroid dienone is 1. The highest BCUT2D eigenvalue weighted by Gasteiger charge is 2.38. The lowest BCUT2D eigenvalue weighted by Gasteiger charge is -2.19. The van der Waals surface area contributed by atoms with Crippen molar-refractivity contribution >= 4 is 34.5 Å². The molecule has 26 heavy (non-hydrogen) atoms. The van der Waals surface area contributed by atoms with Gasteiger partial charge < -0.3 is 9.84 Å². The van der Waals surface area contributed by atoms with Crippen LogP contribution < -0.4 is 0 Å². The molecular formula is C19H16N2O4S. The second-order valence-electron chi connectivity index (χ2n) is 6.32. The normalized spacial score (nSPS) is 27.5. The van der Waals surface area contributed by atoms with Gasteiger partial charge in [0, 0.05) is 0 Å². The molecule has 0 spiro atoms. The van der Waals surface area contributed by atoms with E-state index in [1.54, 1.807) is 24.3 Å². The molecular weight excluding hydrogens is 352 g/mol. The van der Waals surface area contributed by atoms with Crippen LogP contribution in [0.1, 0.15) is 35.9 Å². The number of thioether (sulfide) groups is 1. The van der Waals surface area contributed by atoms with Gasteiger partial charge in [0.15, 0.2) is 5.84 Å². The average molecular weight is 368 g/mol. The third-order valence-electron chi connectivity index (χ3n) is 4.68. The number of carboxylic acid groups (broad SMARTS) is 1. The monoisotopic (exact) mass is 368 g/mol. The van der Waals surface area contributed by atoms with Crippen molar-refractivity contribution in [2.45, 2.75) is 26.1 Å². The van der Waals surface area contributed by atoms with Crippen molar-refractivity contribution in [2.75, 3.05) is 0 Å². The second kappa shape index (κ2) is 6.34. The number of fused-ring (bicyclic) bond motifs is 1. The summed E-state index contributed by atoms with van der Waals surface area (Å²) < 4.78 is 5.97. The Morgan fingerprint density at radius 3 is 2.50 bits per heavy atom. The van der Waals surface area contributed by atoms with E-state index >= 15 is 0 Å². The van der Waals surface area contributed by atoms with E-state index in [2.05, 4.69) is 9.98 Å². The molecule has 132 valence electrons. The first-order chi connectivity index (χ1) is 12.4. The summed E-state index contributed by atoms with van der Waals surface area (Å²) in [5.74, 6) is -1.13. The van der Waals surface area contributed by atoms with Crippen LogP contribution in [0.25, 0.3) is 0 Å². The third-order valence-corrected chi connectivity index (χ3v) is 5.85. The minimum atomic E-state index is -0.967. The minimum Gasteiger partial charge on any atom is -0.478 e. The molecule has 7 heteroatoms. The molecule has 0 aliphatic carbocycles. The minimum absolute atomic E-state index is 0.196. The number of ether oxygens (including phenoxy) is 1. The number of hydrogen-bond acceptors (Lipinski definition) is 5. The van der Waals surface area contributed by atoms with Gasteiger partial charge in [-0.25, -0.2) is 9.79 Å². The molecule has 6 nitrogen and oxygen atoms in total. The van der Waals surface area contributed by atoms with Crippen molar-refractivity contribution in [1.82, 2.24) is 0 Å². The van der Waals surface area contributed by atoms with Crippen LogP contribution >= 0.6 is 11.8 Å². The van der Waals surface area contributed by atoms with Crippen LogP contribution in [0.4, 0.5) is 0 Å². The SMILES string of the molecule is CC1=C(C)C2C(=O)N=C(C3C=CC(c4ccc(C(=O)O)cc4)O3)N=C2S1. The Labute approximate surface area is 154 Å². The fourth-order valence-electron chi connectivity index (χ4n) is 3.11. The summed E-state index contributed by atoms with van der Waals surface area (Å²) in [5.41, 5.74) is 2.08. The molecule has 3 atom stereocenters. The number of amidine groups is 1. The molecule has 1 aromatic rings. The van der Waals surface area contributed by atoms with Crippen molar-refractivity contribution in [3.8, 4) is 0 Å². The van der Waals surface area contributed by atoms with Crippen LogP contribution in [0.3, 0.4) is 0 Å². The molecule has 0 saturated carbocycles. The van der Waals surface area contributed by atoms with Gasteiger partial charge in [-0.1, -0.05) is 30.0 Å². The number of aromatic carboxylic acids is 1. The maximum atomic E-state index is 12.4. The van der Waals surface area contributed by atoms with E-state index in [1.165, 1.54) is 11.8 Å². The van der Waals surface area contributed by atoms with Crippen molar-refractivity contribution in [2.24, 2.45) is 15.9 Å². The number of amides is 1. The van der Waals surface area contributed by atoms with E-state index in [0.29, 0.717) is 5.84 Å². The number of benzene rings is 1. The zero-order valence-electron chi connectivity index (χ0n) is 14.2. The number of carboxylic acids is 1. The Morgan fingerprint density at radius 1 is 1.12 bits per heavy atom. The smallest absolute Gasteiger partial charge is 0.335 e. The number of aliphatic imine (C=N–C) groups is 2. The van der Waals surface area contributed by atoms with Gasteiger partial charge in [0.25, 0.3) is 5.91 Å². The molecule has 1 aromatic carbocycles. The van der Waals surface area contributed by atoms with Gasteiger partial charge in [0.05, 0.1) is 10.6 Å². The summed E-state index contributed by atoms with van der Waals surface area (Å²) in [6.07, 6.45) is 2.89. The van der Waals surface area contributed by atoms with Crippen LogP contribution in [0.15, 0.2) is 56.9 Å². The van der Waals surface area contributed by atoms with Gasteiger partial charge in [-0.15, -0.1) is 0 Å². The summed E-state index contributed by atoms with van der Waals surface area (Å²) >= 11 is 1.52. The standard InChI is InChI=1S/C19H16N2O4S/c1-9-10(2)26-18-15(9)17(22)20-16(21-18)14-8-7-13(25-14)11-3-5-12(6-4-11)19(23)24/h3-8,13-15H,1-2H3,(H,23,24). The molecule has 3 aliphatic rings. The molecule has 0 fully saturated rings. The lowest BCUT2D eigenvalue weighted by atomic mass is 10.00. The van der Waals surface area contributed by atoms with Gasteiger partial charge in [0.1, 0.15) is 18.1 Å². The van der Waals surface area contributed by atoms with E-state index in [0.717, 1.165) is 21.1 Å². The van der Waals surface area contributed by atoms with Crippen LogP contribution in [0, 0.1) is 5.92 Å². The largest absolute Gasteiger partial charge is 0.478 e. The molecule has 4 rings (SSSR count). The number of rotatable bonds is 3. The fourth-order valence-corrected chi connectivity index (χ4v) is 4.24. The Kier molecular flexibility index (Phi) is 4.13. The van der Waals surface area contributed by atoms with Crippen molar-refractivity contribution in [3.63, 3.8) is 0 Å². The molecule has 0 bridgehead atoms. The lowest BCUT2D eigenvalue weighted by Crippen LogP contribution is -2.30. The summed E-state index contributed by atoms with van der Waals surface area (Å²) in [7, 11) is 0. The fraction of sp³-hybridized carbons (Fsp3) is 0.263. The van der Waals surface area contributed by atoms with E-state index < -0.39 is 12.1 Å². The molecule has 1 amide bonds. The highest BCUT2D eigenvalue weighted by atomic mass is 32.2. The van der Waals surface area contributed by atoms with E-state index in [-0.39, 0.29) is 23.5 Å². The Bertz CT molecular complexity index is 927. The first kappa shape index (κ1) is 16.9. The molecule has 0 saturated heterocycles. The average Bonchev–Trinajstić information content (AvgIpc) is 3.21. The first-order valence-electron chi connectivity index (χ1n) is 8.17. The van der Waals surface area contributed by atoms with Crippen LogP contribution in [-0.2, 0) is 9.53 Å². The predicted octanol–water partition coefficient (Wildman–Crippen LogP) is 3.38. The van der Waals surface area contributed by atoms with Gasteiger partial charge in [-0.05, 0) is 48.1 Å². The number of nitrogens with zero attached hydrogens (tertiary/aromatic N) is 2. The van der Waals surface area contributed by atoms with Crippen molar-refractivity contribution < 1.29 is 19.4 Å². The van der Waals surface area contributed by atoms with Crippen LogP contribution in [0.2, 0.25) is 0 Å². The topological polar surface area (TPSA) is 88.3 Å². The Hall–Kier alpha value is -2.51. The molecule has 3 heterocycles.